The third-order valence-electron chi connectivity index (χ3n) is 4.03. The summed E-state index contributed by atoms with van der Waals surface area (Å²) in [5.74, 6) is 0.0524. The van der Waals surface area contributed by atoms with Crippen LogP contribution in [0.25, 0.3) is 0 Å². The first-order valence-electron chi connectivity index (χ1n) is 8.08. The minimum atomic E-state index is 0.0524. The maximum absolute atomic E-state index is 12.5. The Kier molecular flexibility index (Phi) is 5.06. The first kappa shape index (κ1) is 16.0. The van der Waals surface area contributed by atoms with E-state index in [0.717, 1.165) is 17.5 Å². The average molecular weight is 319 g/mol. The van der Waals surface area contributed by atoms with Crippen LogP contribution >= 0.6 is 0 Å². The number of hydrogen-bond acceptors (Lipinski definition) is 2. The fraction of sp³-hybridized carbons (Fsp3) is 0.200. The van der Waals surface area contributed by atoms with Gasteiger partial charge in [-0.25, -0.2) is 0 Å². The lowest BCUT2D eigenvalue weighted by atomic mass is 10.1. The van der Waals surface area contributed by atoms with E-state index in [1.807, 2.05) is 66.5 Å². The zero-order valence-electron chi connectivity index (χ0n) is 13.8. The third-order valence-corrected chi connectivity index (χ3v) is 4.03. The Morgan fingerprint density at radius 3 is 2.42 bits per heavy atom. The normalized spacial score (nSPS) is 10.5. The van der Waals surface area contributed by atoms with Crippen molar-refractivity contribution >= 4 is 5.91 Å². The summed E-state index contributed by atoms with van der Waals surface area (Å²) in [4.78, 5) is 14.3. The standard InChI is InChI=1S/C20H21N3O/c1-22(15-12-17-6-3-2-4-7-17)20(24)19-10-8-18(9-11-19)16-23-14-5-13-21-23/h2-11,13-14H,12,15-16H2,1H3. The highest BCUT2D eigenvalue weighted by atomic mass is 16.2. The molecule has 0 radical (unpaired) electrons. The zero-order chi connectivity index (χ0) is 16.8. The maximum atomic E-state index is 12.5. The molecule has 0 unspecified atom stereocenters. The van der Waals surface area contributed by atoms with E-state index in [4.69, 9.17) is 0 Å². The first-order valence-corrected chi connectivity index (χ1v) is 8.08. The summed E-state index contributed by atoms with van der Waals surface area (Å²) >= 11 is 0. The van der Waals surface area contributed by atoms with Gasteiger partial charge in [0.2, 0.25) is 0 Å². The molecule has 0 aliphatic carbocycles. The average Bonchev–Trinajstić information content (AvgIpc) is 3.13. The molecule has 2 aromatic carbocycles. The van der Waals surface area contributed by atoms with Crippen LogP contribution in [-0.2, 0) is 13.0 Å². The Bertz CT molecular complexity index is 764. The van der Waals surface area contributed by atoms with Gasteiger partial charge < -0.3 is 4.90 Å². The van der Waals surface area contributed by atoms with E-state index in [9.17, 15) is 4.79 Å². The van der Waals surface area contributed by atoms with Gasteiger partial charge in [0, 0.05) is 31.5 Å². The monoisotopic (exact) mass is 319 g/mol. The van der Waals surface area contributed by atoms with Gasteiger partial charge in [0.05, 0.1) is 6.54 Å². The van der Waals surface area contributed by atoms with E-state index in [1.54, 1.807) is 11.1 Å². The number of benzene rings is 2. The maximum Gasteiger partial charge on any atom is 0.253 e. The molecule has 3 rings (SSSR count). The molecule has 4 nitrogen and oxygen atoms in total. The SMILES string of the molecule is CN(CCc1ccccc1)C(=O)c1ccc(Cn2cccn2)cc1. The van der Waals surface area contributed by atoms with Crippen LogP contribution in [0.3, 0.4) is 0 Å². The lowest BCUT2D eigenvalue weighted by Gasteiger charge is -2.17. The van der Waals surface area contributed by atoms with Crippen LogP contribution in [0.15, 0.2) is 73.1 Å². The van der Waals surface area contributed by atoms with E-state index in [2.05, 4.69) is 17.2 Å². The number of aromatic nitrogens is 2. The number of hydrogen-bond donors (Lipinski definition) is 0. The largest absolute Gasteiger partial charge is 0.341 e. The Morgan fingerprint density at radius 2 is 1.75 bits per heavy atom. The molecule has 0 N–H and O–H groups in total. The van der Waals surface area contributed by atoms with Crippen molar-refractivity contribution in [3.05, 3.63) is 89.7 Å². The summed E-state index contributed by atoms with van der Waals surface area (Å²) in [6.07, 6.45) is 4.55. The Morgan fingerprint density at radius 1 is 1.00 bits per heavy atom. The van der Waals surface area contributed by atoms with Crippen molar-refractivity contribution in [3.8, 4) is 0 Å². The van der Waals surface area contributed by atoms with Crippen LogP contribution in [0.4, 0.5) is 0 Å². The lowest BCUT2D eigenvalue weighted by molar-refractivity contribution is 0.0796. The Hall–Kier alpha value is -2.88. The molecule has 0 atom stereocenters. The molecule has 0 aliphatic rings. The van der Waals surface area contributed by atoms with E-state index < -0.39 is 0 Å². The topological polar surface area (TPSA) is 38.1 Å². The molecule has 1 aromatic heterocycles. The molecule has 24 heavy (non-hydrogen) atoms. The Balaban J connectivity index is 1.57. The minimum Gasteiger partial charge on any atom is -0.341 e. The van der Waals surface area contributed by atoms with E-state index >= 15 is 0 Å². The van der Waals surface area contributed by atoms with Gasteiger partial charge in [0.1, 0.15) is 0 Å². The van der Waals surface area contributed by atoms with Crippen molar-refractivity contribution in [3.63, 3.8) is 0 Å². The highest BCUT2D eigenvalue weighted by molar-refractivity contribution is 5.94. The highest BCUT2D eigenvalue weighted by Gasteiger charge is 2.11. The van der Waals surface area contributed by atoms with Gasteiger partial charge in [0.25, 0.3) is 5.91 Å². The highest BCUT2D eigenvalue weighted by Crippen LogP contribution is 2.09. The van der Waals surface area contributed by atoms with Gasteiger partial charge in [-0.2, -0.15) is 5.10 Å². The van der Waals surface area contributed by atoms with Crippen LogP contribution in [0.5, 0.6) is 0 Å². The van der Waals surface area contributed by atoms with Crippen molar-refractivity contribution in [1.82, 2.24) is 14.7 Å². The van der Waals surface area contributed by atoms with Crippen molar-refractivity contribution in [2.24, 2.45) is 0 Å². The summed E-state index contributed by atoms with van der Waals surface area (Å²) in [5.41, 5.74) is 3.09. The smallest absolute Gasteiger partial charge is 0.253 e. The second-order valence-electron chi connectivity index (χ2n) is 5.86. The fourth-order valence-electron chi connectivity index (χ4n) is 2.60. The molecule has 0 bridgehead atoms. The zero-order valence-corrected chi connectivity index (χ0v) is 13.8. The predicted molar refractivity (Wildman–Crippen MR) is 94.9 cm³/mol. The van der Waals surface area contributed by atoms with Crippen LogP contribution in [0.2, 0.25) is 0 Å². The second kappa shape index (κ2) is 7.59. The summed E-state index contributed by atoms with van der Waals surface area (Å²) in [7, 11) is 1.85. The molecule has 0 spiro atoms. The van der Waals surface area contributed by atoms with Crippen molar-refractivity contribution in [2.45, 2.75) is 13.0 Å². The molecule has 3 aromatic rings. The number of carbonyl (C=O) groups is 1. The van der Waals surface area contributed by atoms with Gasteiger partial charge in [-0.05, 0) is 35.7 Å². The molecular weight excluding hydrogens is 298 g/mol. The second-order valence-corrected chi connectivity index (χ2v) is 5.86. The van der Waals surface area contributed by atoms with E-state index in [1.165, 1.54) is 5.56 Å². The first-order chi connectivity index (χ1) is 11.7. The van der Waals surface area contributed by atoms with Crippen LogP contribution in [-0.4, -0.2) is 34.2 Å². The molecular formula is C20H21N3O. The molecule has 0 aliphatic heterocycles. The predicted octanol–water partition coefficient (Wildman–Crippen LogP) is 3.25. The summed E-state index contributed by atoms with van der Waals surface area (Å²) < 4.78 is 1.86. The van der Waals surface area contributed by atoms with Gasteiger partial charge in [-0.3, -0.25) is 9.48 Å². The number of rotatable bonds is 6. The van der Waals surface area contributed by atoms with Crippen molar-refractivity contribution < 1.29 is 4.79 Å². The van der Waals surface area contributed by atoms with Crippen molar-refractivity contribution in [2.75, 3.05) is 13.6 Å². The Labute approximate surface area is 142 Å². The van der Waals surface area contributed by atoms with Crippen molar-refractivity contribution in [1.29, 1.82) is 0 Å². The lowest BCUT2D eigenvalue weighted by Crippen LogP contribution is -2.28. The number of nitrogens with zero attached hydrogens (tertiary/aromatic N) is 3. The van der Waals surface area contributed by atoms with Gasteiger partial charge in [0.15, 0.2) is 0 Å². The summed E-state index contributed by atoms with van der Waals surface area (Å²) in [5, 5.41) is 4.19. The summed E-state index contributed by atoms with van der Waals surface area (Å²) in [6, 6.07) is 19.9. The molecule has 1 heterocycles. The number of carbonyl (C=O) groups excluding carboxylic acids is 1. The molecule has 1 amide bonds. The van der Waals surface area contributed by atoms with Crippen LogP contribution in [0, 0.1) is 0 Å². The van der Waals surface area contributed by atoms with E-state index in [-0.39, 0.29) is 5.91 Å². The van der Waals surface area contributed by atoms with Gasteiger partial charge >= 0.3 is 0 Å². The van der Waals surface area contributed by atoms with Gasteiger partial charge in [-0.1, -0.05) is 42.5 Å². The molecule has 0 fully saturated rings. The molecule has 122 valence electrons. The number of amides is 1. The molecule has 0 saturated carbocycles. The van der Waals surface area contributed by atoms with Gasteiger partial charge in [-0.15, -0.1) is 0 Å². The van der Waals surface area contributed by atoms with E-state index in [0.29, 0.717) is 13.1 Å². The van der Waals surface area contributed by atoms with Crippen LogP contribution in [0.1, 0.15) is 21.5 Å². The molecule has 4 heteroatoms. The fourth-order valence-corrected chi connectivity index (χ4v) is 2.60. The van der Waals surface area contributed by atoms with Crippen LogP contribution < -0.4 is 0 Å². The molecule has 0 saturated heterocycles. The summed E-state index contributed by atoms with van der Waals surface area (Å²) in [6.45, 7) is 1.42. The number of likely N-dealkylation sites (N-methyl/N-ethyl adjacent to an activating group) is 1. The third kappa shape index (κ3) is 4.10. The quantitative estimate of drug-likeness (QED) is 0.699. The minimum absolute atomic E-state index is 0.0524.